The maximum absolute atomic E-state index is 13.1. The second kappa shape index (κ2) is 5.96. The van der Waals surface area contributed by atoms with E-state index in [4.69, 9.17) is 0 Å². The van der Waals surface area contributed by atoms with Crippen LogP contribution < -0.4 is 0 Å². The summed E-state index contributed by atoms with van der Waals surface area (Å²) in [5.74, 6) is 0.0723. The molecule has 0 heterocycles. The van der Waals surface area contributed by atoms with E-state index in [9.17, 15) is 9.18 Å². The minimum atomic E-state index is -0.339. The van der Waals surface area contributed by atoms with Crippen molar-refractivity contribution in [1.29, 1.82) is 0 Å². The summed E-state index contributed by atoms with van der Waals surface area (Å²) in [6.07, 6.45) is 1.51. The van der Waals surface area contributed by atoms with Crippen molar-refractivity contribution in [1.82, 2.24) is 0 Å². The predicted octanol–water partition coefficient (Wildman–Crippen LogP) is 5.23. The third-order valence-electron chi connectivity index (χ3n) is 2.74. The molecule has 0 bridgehead atoms. The number of Topliss-reactive ketones (excluding diaryl/α,β-unsaturated/α-hetero) is 1. The van der Waals surface area contributed by atoms with Gasteiger partial charge in [0.2, 0.25) is 0 Å². The molecule has 0 saturated carbocycles. The Kier molecular flexibility index (Phi) is 5.09. The Morgan fingerprint density at radius 3 is 2.50 bits per heavy atom. The van der Waals surface area contributed by atoms with Gasteiger partial charge in [-0.15, -0.1) is 0 Å². The van der Waals surface area contributed by atoms with Gasteiger partial charge >= 0.3 is 0 Å². The van der Waals surface area contributed by atoms with Crippen molar-refractivity contribution in [3.8, 4) is 0 Å². The van der Waals surface area contributed by atoms with Crippen molar-refractivity contribution >= 4 is 21.7 Å². The van der Waals surface area contributed by atoms with Gasteiger partial charge in [0.15, 0.2) is 5.78 Å². The molecule has 0 radical (unpaired) electrons. The van der Waals surface area contributed by atoms with Gasteiger partial charge in [-0.2, -0.15) is 0 Å². The first-order valence-corrected chi connectivity index (χ1v) is 6.96. The number of benzene rings is 1. The fourth-order valence-electron chi connectivity index (χ4n) is 2.22. The van der Waals surface area contributed by atoms with Crippen LogP contribution in [0.25, 0.3) is 0 Å². The highest BCUT2D eigenvalue weighted by Gasteiger charge is 2.18. The lowest BCUT2D eigenvalue weighted by atomic mass is 9.83. The average Bonchev–Trinajstić information content (AvgIpc) is 2.18. The van der Waals surface area contributed by atoms with Crippen molar-refractivity contribution in [3.63, 3.8) is 0 Å². The van der Waals surface area contributed by atoms with Gasteiger partial charge in [-0.3, -0.25) is 4.79 Å². The van der Waals surface area contributed by atoms with Gasteiger partial charge in [0, 0.05) is 12.0 Å². The number of hydrogen-bond donors (Lipinski definition) is 0. The van der Waals surface area contributed by atoms with Gasteiger partial charge in [-0.05, 0) is 51.9 Å². The Morgan fingerprint density at radius 2 is 2.00 bits per heavy atom. The lowest BCUT2D eigenvalue weighted by molar-refractivity contribution is 0.0954. The van der Waals surface area contributed by atoms with Crippen molar-refractivity contribution < 1.29 is 9.18 Å². The Labute approximate surface area is 117 Å². The summed E-state index contributed by atoms with van der Waals surface area (Å²) in [5.41, 5.74) is 0.798. The monoisotopic (exact) mass is 314 g/mol. The molecule has 0 saturated heterocycles. The van der Waals surface area contributed by atoms with Crippen molar-refractivity contribution in [2.24, 2.45) is 11.3 Å². The molecule has 0 N–H and O–H groups in total. The molecule has 0 amide bonds. The Hall–Kier alpha value is -0.700. The molecule has 18 heavy (non-hydrogen) atoms. The zero-order valence-electron chi connectivity index (χ0n) is 11.4. The fraction of sp³-hybridized carbons (Fsp3) is 0.533. The number of rotatable bonds is 4. The SMILES string of the molecule is CC(CC(=O)c1ccc(F)c(Br)c1)CC(C)(C)C. The van der Waals surface area contributed by atoms with Crippen LogP contribution in [-0.2, 0) is 0 Å². The predicted molar refractivity (Wildman–Crippen MR) is 76.3 cm³/mol. The molecule has 0 spiro atoms. The fourth-order valence-corrected chi connectivity index (χ4v) is 2.60. The second-order valence-corrected chi connectivity index (χ2v) is 6.98. The largest absolute Gasteiger partial charge is 0.294 e. The summed E-state index contributed by atoms with van der Waals surface area (Å²) in [4.78, 5) is 12.1. The molecule has 0 fully saturated rings. The molecule has 100 valence electrons. The van der Waals surface area contributed by atoms with E-state index in [-0.39, 0.29) is 17.0 Å². The highest BCUT2D eigenvalue weighted by atomic mass is 79.9. The van der Waals surface area contributed by atoms with Crippen molar-refractivity contribution in [3.05, 3.63) is 34.1 Å². The van der Waals surface area contributed by atoms with E-state index in [2.05, 4.69) is 43.6 Å². The maximum atomic E-state index is 13.1. The smallest absolute Gasteiger partial charge is 0.163 e. The number of ketones is 1. The van der Waals surface area contributed by atoms with Crippen LogP contribution in [-0.4, -0.2) is 5.78 Å². The van der Waals surface area contributed by atoms with Crippen LogP contribution in [0.4, 0.5) is 4.39 Å². The number of halogens is 2. The van der Waals surface area contributed by atoms with E-state index in [1.165, 1.54) is 6.07 Å². The van der Waals surface area contributed by atoms with Crippen molar-refractivity contribution in [2.75, 3.05) is 0 Å². The standard InChI is InChI=1S/C15H20BrFO/c1-10(9-15(2,3)4)7-14(18)11-5-6-13(17)12(16)8-11/h5-6,8,10H,7,9H2,1-4H3. The van der Waals surface area contributed by atoms with Gasteiger partial charge in [0.1, 0.15) is 5.82 Å². The van der Waals surface area contributed by atoms with E-state index < -0.39 is 0 Å². The summed E-state index contributed by atoms with van der Waals surface area (Å²) >= 11 is 3.10. The van der Waals surface area contributed by atoms with E-state index in [1.807, 2.05) is 0 Å². The molecule has 1 aromatic rings. The minimum absolute atomic E-state index is 0.0763. The first-order chi connectivity index (χ1) is 8.19. The average molecular weight is 315 g/mol. The Bertz CT molecular complexity index is 435. The normalized spacial score (nSPS) is 13.4. The molecule has 0 aliphatic carbocycles. The van der Waals surface area contributed by atoms with Crippen LogP contribution in [0, 0.1) is 17.2 Å². The zero-order valence-corrected chi connectivity index (χ0v) is 13.0. The zero-order chi connectivity index (χ0) is 13.9. The van der Waals surface area contributed by atoms with Gasteiger partial charge < -0.3 is 0 Å². The van der Waals surface area contributed by atoms with Gasteiger partial charge in [0.25, 0.3) is 0 Å². The molecule has 1 aromatic carbocycles. The van der Waals surface area contributed by atoms with Gasteiger partial charge in [0.05, 0.1) is 4.47 Å². The molecule has 1 unspecified atom stereocenters. The van der Waals surface area contributed by atoms with Gasteiger partial charge in [-0.1, -0.05) is 27.7 Å². The van der Waals surface area contributed by atoms with Crippen molar-refractivity contribution in [2.45, 2.75) is 40.5 Å². The Balaban J connectivity index is 2.68. The molecule has 1 rings (SSSR count). The summed E-state index contributed by atoms with van der Waals surface area (Å²) in [5, 5.41) is 0. The van der Waals surface area contributed by atoms with E-state index in [0.717, 1.165) is 6.42 Å². The summed E-state index contributed by atoms with van der Waals surface area (Å²) in [6, 6.07) is 4.43. The van der Waals surface area contributed by atoms with Crippen LogP contribution in [0.15, 0.2) is 22.7 Å². The number of carbonyl (C=O) groups excluding carboxylic acids is 1. The third-order valence-corrected chi connectivity index (χ3v) is 3.34. The molecule has 1 nitrogen and oxygen atoms in total. The highest BCUT2D eigenvalue weighted by Crippen LogP contribution is 2.27. The topological polar surface area (TPSA) is 17.1 Å². The van der Waals surface area contributed by atoms with E-state index in [1.54, 1.807) is 12.1 Å². The Morgan fingerprint density at radius 1 is 1.39 bits per heavy atom. The summed E-state index contributed by atoms with van der Waals surface area (Å²) in [7, 11) is 0. The van der Waals surface area contributed by atoms with Crippen LogP contribution >= 0.6 is 15.9 Å². The lowest BCUT2D eigenvalue weighted by Crippen LogP contribution is -2.14. The molecule has 1 atom stereocenters. The molecular formula is C15H20BrFO. The minimum Gasteiger partial charge on any atom is -0.294 e. The molecule has 0 aromatic heterocycles. The summed E-state index contributed by atoms with van der Waals surface area (Å²) in [6.45, 7) is 8.59. The van der Waals surface area contributed by atoms with E-state index >= 15 is 0 Å². The molecule has 0 aliphatic heterocycles. The quantitative estimate of drug-likeness (QED) is 0.695. The highest BCUT2D eigenvalue weighted by molar-refractivity contribution is 9.10. The molecule has 0 aliphatic rings. The maximum Gasteiger partial charge on any atom is 0.163 e. The lowest BCUT2D eigenvalue weighted by Gasteiger charge is -2.22. The number of carbonyl (C=O) groups is 1. The second-order valence-electron chi connectivity index (χ2n) is 6.13. The first kappa shape index (κ1) is 15.4. The number of hydrogen-bond acceptors (Lipinski definition) is 1. The van der Waals surface area contributed by atoms with Crippen LogP contribution in [0.1, 0.15) is 50.9 Å². The van der Waals surface area contributed by atoms with Crippen LogP contribution in [0.5, 0.6) is 0 Å². The third kappa shape index (κ3) is 4.89. The summed E-state index contributed by atoms with van der Waals surface area (Å²) < 4.78 is 13.4. The van der Waals surface area contributed by atoms with Crippen LogP contribution in [0.2, 0.25) is 0 Å². The molecule has 3 heteroatoms. The van der Waals surface area contributed by atoms with Crippen LogP contribution in [0.3, 0.4) is 0 Å². The van der Waals surface area contributed by atoms with E-state index in [0.29, 0.717) is 22.4 Å². The first-order valence-electron chi connectivity index (χ1n) is 6.17. The van der Waals surface area contributed by atoms with Gasteiger partial charge in [-0.25, -0.2) is 4.39 Å². The molecular weight excluding hydrogens is 295 g/mol.